The molecule has 0 fully saturated rings. The number of halogens is 1. The van der Waals surface area contributed by atoms with Gasteiger partial charge in [-0.05, 0) is 11.6 Å². The normalized spacial score (nSPS) is 10.4. The largest absolute Gasteiger partial charge is 0.328 e. The second-order valence-corrected chi connectivity index (χ2v) is 3.78. The maximum Gasteiger partial charge on any atom is 0.328 e. The summed E-state index contributed by atoms with van der Waals surface area (Å²) in [6, 6.07) is 4.51. The average molecular weight is 265 g/mol. The smallest absolute Gasteiger partial charge is 0.296 e. The lowest BCUT2D eigenvalue weighted by Crippen LogP contribution is -2.28. The van der Waals surface area contributed by atoms with Gasteiger partial charge in [-0.15, -0.1) is 0 Å². The Morgan fingerprint density at radius 1 is 1.32 bits per heavy atom. The van der Waals surface area contributed by atoms with Gasteiger partial charge in [-0.2, -0.15) is 4.39 Å². The van der Waals surface area contributed by atoms with Crippen LogP contribution in [0.15, 0.2) is 40.1 Å². The van der Waals surface area contributed by atoms with Crippen molar-refractivity contribution >= 4 is 5.69 Å². The predicted octanol–water partition coefficient (Wildman–Crippen LogP) is 0.632. The Hall–Kier alpha value is -2.77. The van der Waals surface area contributed by atoms with Crippen molar-refractivity contribution in [1.82, 2.24) is 9.55 Å². The molecule has 0 aliphatic carbocycles. The van der Waals surface area contributed by atoms with E-state index in [2.05, 4.69) is 4.98 Å². The minimum absolute atomic E-state index is 0.00449. The molecule has 1 aromatic heterocycles. The van der Waals surface area contributed by atoms with E-state index in [9.17, 15) is 24.1 Å². The standard InChI is InChI=1S/C11H8FN3O4/c12-8-5-7(1-2-9(8)15(18)19)6-14-4-3-10(16)13-11(14)17/h1-5H,6H2,(H,13,16,17). The molecule has 0 radical (unpaired) electrons. The molecule has 1 heterocycles. The van der Waals surface area contributed by atoms with Crippen LogP contribution in [0.4, 0.5) is 10.1 Å². The molecule has 1 N–H and O–H groups in total. The van der Waals surface area contributed by atoms with Gasteiger partial charge in [0.15, 0.2) is 0 Å². The summed E-state index contributed by atoms with van der Waals surface area (Å²) in [4.78, 5) is 34.0. The molecule has 0 unspecified atom stereocenters. The summed E-state index contributed by atoms with van der Waals surface area (Å²) in [5.41, 5.74) is -1.42. The quantitative estimate of drug-likeness (QED) is 0.650. The molecule has 0 aliphatic heterocycles. The number of hydrogen-bond donors (Lipinski definition) is 1. The van der Waals surface area contributed by atoms with Crippen molar-refractivity contribution in [2.45, 2.75) is 6.54 Å². The van der Waals surface area contributed by atoms with E-state index in [1.54, 1.807) is 0 Å². The van der Waals surface area contributed by atoms with Gasteiger partial charge in [0.1, 0.15) is 0 Å². The number of aromatic nitrogens is 2. The first-order valence-electron chi connectivity index (χ1n) is 5.20. The van der Waals surface area contributed by atoms with E-state index in [0.29, 0.717) is 5.56 Å². The molecule has 0 saturated carbocycles. The molecular weight excluding hydrogens is 257 g/mol. The van der Waals surface area contributed by atoms with E-state index in [4.69, 9.17) is 0 Å². The highest BCUT2D eigenvalue weighted by atomic mass is 19.1. The van der Waals surface area contributed by atoms with Gasteiger partial charge in [-0.3, -0.25) is 24.5 Å². The summed E-state index contributed by atoms with van der Waals surface area (Å²) in [6.07, 6.45) is 1.26. The van der Waals surface area contributed by atoms with Crippen molar-refractivity contribution in [3.63, 3.8) is 0 Å². The maximum atomic E-state index is 13.4. The number of benzene rings is 1. The Labute approximate surface area is 105 Å². The molecule has 0 atom stereocenters. The summed E-state index contributed by atoms with van der Waals surface area (Å²) < 4.78 is 14.5. The molecule has 0 amide bonds. The zero-order valence-corrected chi connectivity index (χ0v) is 9.50. The number of nitro groups is 1. The van der Waals surface area contributed by atoms with Crippen molar-refractivity contribution in [1.29, 1.82) is 0 Å². The fraction of sp³-hybridized carbons (Fsp3) is 0.0909. The maximum absolute atomic E-state index is 13.4. The molecular formula is C11H8FN3O4. The van der Waals surface area contributed by atoms with Gasteiger partial charge >= 0.3 is 11.4 Å². The van der Waals surface area contributed by atoms with Gasteiger partial charge in [0.05, 0.1) is 11.5 Å². The van der Waals surface area contributed by atoms with Gasteiger partial charge in [-0.25, -0.2) is 4.79 Å². The Balaban J connectivity index is 2.34. The van der Waals surface area contributed by atoms with Crippen molar-refractivity contribution < 1.29 is 9.31 Å². The highest BCUT2D eigenvalue weighted by molar-refractivity contribution is 5.35. The third-order valence-electron chi connectivity index (χ3n) is 2.46. The summed E-state index contributed by atoms with van der Waals surface area (Å²) in [6.45, 7) is 0.00449. The number of nitrogens with zero attached hydrogens (tertiary/aromatic N) is 2. The van der Waals surface area contributed by atoms with Crippen LogP contribution in [-0.4, -0.2) is 14.5 Å². The summed E-state index contributed by atoms with van der Waals surface area (Å²) in [5, 5.41) is 10.5. The van der Waals surface area contributed by atoms with Crippen LogP contribution in [0, 0.1) is 15.9 Å². The van der Waals surface area contributed by atoms with Crippen LogP contribution in [0.2, 0.25) is 0 Å². The molecule has 19 heavy (non-hydrogen) atoms. The second-order valence-electron chi connectivity index (χ2n) is 3.78. The number of nitrogens with one attached hydrogen (secondary N) is 1. The van der Waals surface area contributed by atoms with E-state index in [1.165, 1.54) is 12.3 Å². The van der Waals surface area contributed by atoms with Gasteiger partial charge in [0, 0.05) is 18.3 Å². The number of nitro benzene ring substituents is 1. The van der Waals surface area contributed by atoms with E-state index in [0.717, 1.165) is 22.8 Å². The molecule has 2 rings (SSSR count). The molecule has 2 aromatic rings. The zero-order chi connectivity index (χ0) is 14.0. The highest BCUT2D eigenvalue weighted by Crippen LogP contribution is 2.18. The van der Waals surface area contributed by atoms with E-state index in [-0.39, 0.29) is 6.54 Å². The third kappa shape index (κ3) is 2.73. The topological polar surface area (TPSA) is 98.0 Å². The van der Waals surface area contributed by atoms with E-state index < -0.39 is 27.7 Å². The molecule has 0 aliphatic rings. The molecule has 0 spiro atoms. The number of hydrogen-bond acceptors (Lipinski definition) is 4. The Kier molecular flexibility index (Phi) is 3.23. The molecule has 7 nitrogen and oxygen atoms in total. The van der Waals surface area contributed by atoms with Crippen LogP contribution in [-0.2, 0) is 6.54 Å². The van der Waals surface area contributed by atoms with E-state index in [1.807, 2.05) is 0 Å². The van der Waals surface area contributed by atoms with Crippen LogP contribution in [0.5, 0.6) is 0 Å². The first-order valence-corrected chi connectivity index (χ1v) is 5.20. The summed E-state index contributed by atoms with van der Waals surface area (Å²) in [7, 11) is 0. The molecule has 98 valence electrons. The minimum Gasteiger partial charge on any atom is -0.296 e. The Morgan fingerprint density at radius 3 is 2.63 bits per heavy atom. The number of rotatable bonds is 3. The second kappa shape index (κ2) is 4.84. The average Bonchev–Trinajstić information content (AvgIpc) is 2.32. The van der Waals surface area contributed by atoms with Crippen LogP contribution in [0.25, 0.3) is 0 Å². The Morgan fingerprint density at radius 2 is 2.05 bits per heavy atom. The van der Waals surface area contributed by atoms with Gasteiger partial charge in [-0.1, -0.05) is 6.07 Å². The monoisotopic (exact) mass is 265 g/mol. The first-order chi connectivity index (χ1) is 8.97. The van der Waals surface area contributed by atoms with Crippen LogP contribution in [0.1, 0.15) is 5.56 Å². The number of aromatic amines is 1. The van der Waals surface area contributed by atoms with Gasteiger partial charge in [0.2, 0.25) is 5.82 Å². The SMILES string of the molecule is O=c1ccn(Cc2ccc([N+](=O)[O-])c(F)c2)c(=O)[nH]1. The van der Waals surface area contributed by atoms with Crippen LogP contribution < -0.4 is 11.2 Å². The summed E-state index contributed by atoms with van der Waals surface area (Å²) >= 11 is 0. The number of H-pyrrole nitrogens is 1. The van der Waals surface area contributed by atoms with E-state index >= 15 is 0 Å². The molecule has 0 saturated heterocycles. The fourth-order valence-corrected chi connectivity index (χ4v) is 1.56. The molecule has 8 heteroatoms. The molecule has 0 bridgehead atoms. The zero-order valence-electron chi connectivity index (χ0n) is 9.50. The summed E-state index contributed by atoms with van der Waals surface area (Å²) in [5.74, 6) is -0.972. The van der Waals surface area contributed by atoms with Crippen LogP contribution in [0.3, 0.4) is 0 Å². The predicted molar refractivity (Wildman–Crippen MR) is 63.5 cm³/mol. The van der Waals surface area contributed by atoms with Crippen molar-refractivity contribution in [2.24, 2.45) is 0 Å². The lowest BCUT2D eigenvalue weighted by atomic mass is 10.2. The minimum atomic E-state index is -0.972. The fourth-order valence-electron chi connectivity index (χ4n) is 1.56. The van der Waals surface area contributed by atoms with Gasteiger partial charge < -0.3 is 0 Å². The highest BCUT2D eigenvalue weighted by Gasteiger charge is 2.13. The lowest BCUT2D eigenvalue weighted by Gasteiger charge is -2.04. The van der Waals surface area contributed by atoms with Gasteiger partial charge in [0.25, 0.3) is 5.56 Å². The van der Waals surface area contributed by atoms with Crippen LogP contribution >= 0.6 is 0 Å². The van der Waals surface area contributed by atoms with Crippen molar-refractivity contribution in [2.75, 3.05) is 0 Å². The lowest BCUT2D eigenvalue weighted by molar-refractivity contribution is -0.387. The third-order valence-corrected chi connectivity index (χ3v) is 2.46. The first kappa shape index (κ1) is 12.7. The van der Waals surface area contributed by atoms with Crippen molar-refractivity contribution in [3.8, 4) is 0 Å². The Bertz CT molecular complexity index is 750. The van der Waals surface area contributed by atoms with Crippen molar-refractivity contribution in [3.05, 3.63) is 72.8 Å². The molecule has 1 aromatic carbocycles.